The van der Waals surface area contributed by atoms with Gasteiger partial charge in [-0.1, -0.05) is 24.8 Å². The van der Waals surface area contributed by atoms with Crippen LogP contribution < -0.4 is 4.74 Å². The van der Waals surface area contributed by atoms with Gasteiger partial charge in [0.2, 0.25) is 0 Å². The highest BCUT2D eigenvalue weighted by Gasteiger charge is 2.09. The van der Waals surface area contributed by atoms with Crippen molar-refractivity contribution >= 4 is 17.9 Å². The first-order valence-corrected chi connectivity index (χ1v) is 8.26. The molecule has 0 unspecified atom stereocenters. The zero-order valence-corrected chi connectivity index (χ0v) is 14.9. The van der Waals surface area contributed by atoms with E-state index in [0.717, 1.165) is 11.3 Å². The van der Waals surface area contributed by atoms with E-state index in [2.05, 4.69) is 6.58 Å². The van der Waals surface area contributed by atoms with Gasteiger partial charge in [0.05, 0.1) is 26.6 Å². The molecular formula is C19H24O7. The second-order valence-electron chi connectivity index (χ2n) is 5.30. The number of benzene rings is 1. The van der Waals surface area contributed by atoms with Gasteiger partial charge in [0.15, 0.2) is 0 Å². The molecule has 0 N–H and O–H groups in total. The third kappa shape index (κ3) is 9.46. The highest BCUT2D eigenvalue weighted by Crippen LogP contribution is 2.12. The maximum Gasteiger partial charge on any atom is 0.306 e. The monoisotopic (exact) mass is 364 g/mol. The van der Waals surface area contributed by atoms with E-state index in [0.29, 0.717) is 6.42 Å². The van der Waals surface area contributed by atoms with Crippen LogP contribution in [0.25, 0.3) is 0 Å². The molecule has 0 radical (unpaired) electrons. The Morgan fingerprint density at radius 2 is 1.54 bits per heavy atom. The summed E-state index contributed by atoms with van der Waals surface area (Å²) < 4.78 is 19.9. The molecule has 0 saturated carbocycles. The van der Waals surface area contributed by atoms with E-state index in [9.17, 15) is 14.4 Å². The molecule has 1 aromatic carbocycles. The van der Waals surface area contributed by atoms with Crippen LogP contribution in [0, 0.1) is 0 Å². The molecule has 0 spiro atoms. The number of carbonyl (C=O) groups excluding carboxylic acids is 3. The van der Waals surface area contributed by atoms with Crippen LogP contribution in [0.2, 0.25) is 0 Å². The van der Waals surface area contributed by atoms with Crippen molar-refractivity contribution in [3.63, 3.8) is 0 Å². The lowest BCUT2D eigenvalue weighted by molar-refractivity contribution is -0.150. The van der Waals surface area contributed by atoms with Crippen LogP contribution in [0.1, 0.15) is 31.2 Å². The van der Waals surface area contributed by atoms with Gasteiger partial charge in [0.25, 0.3) is 0 Å². The van der Waals surface area contributed by atoms with Crippen LogP contribution in [0.3, 0.4) is 0 Å². The SMILES string of the molecule is C=CCOC(=O)CCC(=O)OCCCC(=O)OCc1ccc(OC)cc1. The Hall–Kier alpha value is -2.83. The second kappa shape index (κ2) is 12.5. The Balaban J connectivity index is 2.09. The molecule has 0 aliphatic rings. The van der Waals surface area contributed by atoms with E-state index in [4.69, 9.17) is 18.9 Å². The minimum atomic E-state index is -0.507. The van der Waals surface area contributed by atoms with Gasteiger partial charge in [0.1, 0.15) is 19.0 Å². The van der Waals surface area contributed by atoms with Crippen LogP contribution in [0.5, 0.6) is 5.75 Å². The van der Waals surface area contributed by atoms with Crippen molar-refractivity contribution in [2.24, 2.45) is 0 Å². The van der Waals surface area contributed by atoms with Crippen LogP contribution >= 0.6 is 0 Å². The number of carbonyl (C=O) groups is 3. The van der Waals surface area contributed by atoms with Crippen molar-refractivity contribution in [1.82, 2.24) is 0 Å². The van der Waals surface area contributed by atoms with Crippen molar-refractivity contribution < 1.29 is 33.3 Å². The summed E-state index contributed by atoms with van der Waals surface area (Å²) in [5, 5.41) is 0. The Bertz CT molecular complexity index is 592. The molecule has 142 valence electrons. The number of ether oxygens (including phenoxy) is 4. The van der Waals surface area contributed by atoms with Gasteiger partial charge in [-0.3, -0.25) is 14.4 Å². The molecule has 7 nitrogen and oxygen atoms in total. The van der Waals surface area contributed by atoms with Crippen molar-refractivity contribution in [2.45, 2.75) is 32.3 Å². The fraction of sp³-hybridized carbons (Fsp3) is 0.421. The zero-order chi connectivity index (χ0) is 19.2. The van der Waals surface area contributed by atoms with Gasteiger partial charge in [0, 0.05) is 6.42 Å². The molecule has 0 heterocycles. The maximum atomic E-state index is 11.6. The molecule has 0 aliphatic heterocycles. The largest absolute Gasteiger partial charge is 0.497 e. The smallest absolute Gasteiger partial charge is 0.306 e. The lowest BCUT2D eigenvalue weighted by Crippen LogP contribution is -2.12. The second-order valence-corrected chi connectivity index (χ2v) is 5.30. The zero-order valence-electron chi connectivity index (χ0n) is 14.9. The van der Waals surface area contributed by atoms with Gasteiger partial charge in [-0.15, -0.1) is 0 Å². The van der Waals surface area contributed by atoms with Crippen LogP contribution in [0.15, 0.2) is 36.9 Å². The summed E-state index contributed by atoms with van der Waals surface area (Å²) in [6.45, 7) is 3.81. The van der Waals surface area contributed by atoms with Crippen LogP contribution in [0.4, 0.5) is 0 Å². The lowest BCUT2D eigenvalue weighted by Gasteiger charge is -2.07. The summed E-state index contributed by atoms with van der Waals surface area (Å²) in [6.07, 6.45) is 1.84. The number of esters is 3. The fourth-order valence-electron chi connectivity index (χ4n) is 1.86. The maximum absolute atomic E-state index is 11.6. The molecule has 7 heteroatoms. The van der Waals surface area contributed by atoms with Gasteiger partial charge in [-0.25, -0.2) is 0 Å². The highest BCUT2D eigenvalue weighted by molar-refractivity contribution is 5.77. The van der Waals surface area contributed by atoms with E-state index in [-0.39, 0.29) is 45.1 Å². The summed E-state index contributed by atoms with van der Waals surface area (Å²) in [5.74, 6) is -0.628. The Morgan fingerprint density at radius 3 is 2.15 bits per heavy atom. The Morgan fingerprint density at radius 1 is 0.923 bits per heavy atom. The predicted octanol–water partition coefficient (Wildman–Crippen LogP) is 2.57. The topological polar surface area (TPSA) is 88.1 Å². The molecule has 0 atom stereocenters. The van der Waals surface area contributed by atoms with Gasteiger partial charge in [-0.05, 0) is 24.1 Å². The summed E-state index contributed by atoms with van der Waals surface area (Å²) in [5.41, 5.74) is 0.855. The molecule has 1 aromatic rings. The van der Waals surface area contributed by atoms with Crippen molar-refractivity contribution in [2.75, 3.05) is 20.3 Å². The third-order valence-electron chi connectivity index (χ3n) is 3.24. The number of rotatable bonds is 12. The van der Waals surface area contributed by atoms with Crippen LogP contribution in [-0.4, -0.2) is 38.2 Å². The highest BCUT2D eigenvalue weighted by atomic mass is 16.5. The van der Waals surface area contributed by atoms with Crippen molar-refractivity contribution in [3.8, 4) is 5.75 Å². The first-order valence-electron chi connectivity index (χ1n) is 8.26. The standard InChI is InChI=1S/C19H24O7/c1-3-12-24-18(21)10-11-19(22)25-13-4-5-17(20)26-14-15-6-8-16(23-2)9-7-15/h3,6-9H,1,4-5,10-14H2,2H3. The minimum Gasteiger partial charge on any atom is -0.497 e. The first kappa shape index (κ1) is 21.2. The summed E-state index contributed by atoms with van der Waals surface area (Å²) in [4.78, 5) is 34.3. The van der Waals surface area contributed by atoms with E-state index in [1.807, 2.05) is 12.1 Å². The average Bonchev–Trinajstić information content (AvgIpc) is 2.66. The summed E-state index contributed by atoms with van der Waals surface area (Å²) in [6, 6.07) is 7.20. The third-order valence-corrected chi connectivity index (χ3v) is 3.24. The average molecular weight is 364 g/mol. The molecule has 0 bridgehead atoms. The first-order chi connectivity index (χ1) is 12.5. The molecule has 0 aliphatic carbocycles. The number of hydrogen-bond acceptors (Lipinski definition) is 7. The predicted molar refractivity (Wildman–Crippen MR) is 93.4 cm³/mol. The lowest BCUT2D eigenvalue weighted by atomic mass is 10.2. The van der Waals surface area contributed by atoms with E-state index in [1.165, 1.54) is 6.08 Å². The van der Waals surface area contributed by atoms with Crippen LogP contribution in [-0.2, 0) is 35.2 Å². The molecule has 0 fully saturated rings. The van der Waals surface area contributed by atoms with Crippen molar-refractivity contribution in [3.05, 3.63) is 42.5 Å². The fourth-order valence-corrected chi connectivity index (χ4v) is 1.86. The number of hydrogen-bond donors (Lipinski definition) is 0. The normalized spacial score (nSPS) is 9.88. The van der Waals surface area contributed by atoms with Gasteiger partial charge < -0.3 is 18.9 Å². The van der Waals surface area contributed by atoms with Crippen molar-refractivity contribution in [1.29, 1.82) is 0 Å². The molecular weight excluding hydrogens is 340 g/mol. The summed E-state index contributed by atoms with van der Waals surface area (Å²) in [7, 11) is 1.58. The minimum absolute atomic E-state index is 0.0451. The van der Waals surface area contributed by atoms with E-state index < -0.39 is 11.9 Å². The molecule has 26 heavy (non-hydrogen) atoms. The van der Waals surface area contributed by atoms with E-state index in [1.54, 1.807) is 19.2 Å². The quantitative estimate of drug-likeness (QED) is 0.244. The Labute approximate surface area is 152 Å². The summed E-state index contributed by atoms with van der Waals surface area (Å²) >= 11 is 0. The van der Waals surface area contributed by atoms with E-state index >= 15 is 0 Å². The van der Waals surface area contributed by atoms with Gasteiger partial charge in [-0.2, -0.15) is 0 Å². The van der Waals surface area contributed by atoms with Gasteiger partial charge >= 0.3 is 17.9 Å². The molecule has 0 amide bonds. The number of methoxy groups -OCH3 is 1. The molecule has 1 rings (SSSR count). The molecule has 0 saturated heterocycles. The Kier molecular flexibility index (Phi) is 10.2. The molecule has 0 aromatic heterocycles.